The molecule has 92 valence electrons. The number of carbonyl (C=O) groups excluding carboxylic acids is 1. The Morgan fingerprint density at radius 2 is 2.12 bits per heavy atom. The first-order valence-electron chi connectivity index (χ1n) is 6.30. The minimum Gasteiger partial charge on any atom is -0.368 e. The Labute approximate surface area is 97.3 Å². The molecule has 2 fully saturated rings. The maximum absolute atomic E-state index is 11.3. The second kappa shape index (κ2) is 4.34. The Balaban J connectivity index is 1.84. The monoisotopic (exact) mass is 225 g/mol. The van der Waals surface area contributed by atoms with Crippen molar-refractivity contribution < 1.29 is 4.79 Å². The number of nitrogens with two attached hydrogens (primary N) is 2. The van der Waals surface area contributed by atoms with Gasteiger partial charge in [0.15, 0.2) is 0 Å². The van der Waals surface area contributed by atoms with Crippen molar-refractivity contribution >= 4 is 5.91 Å². The third kappa shape index (κ3) is 2.23. The SMILES string of the molecule is CN(CC1CCC1)C1CCC(N)(C(N)=O)C1. The van der Waals surface area contributed by atoms with Gasteiger partial charge in [0.2, 0.25) is 5.91 Å². The third-order valence-electron chi connectivity index (χ3n) is 4.41. The van der Waals surface area contributed by atoms with Gasteiger partial charge < -0.3 is 16.4 Å². The van der Waals surface area contributed by atoms with E-state index >= 15 is 0 Å². The van der Waals surface area contributed by atoms with Crippen molar-refractivity contribution in [1.29, 1.82) is 0 Å². The molecule has 2 unspecified atom stereocenters. The van der Waals surface area contributed by atoms with Crippen molar-refractivity contribution in [3.05, 3.63) is 0 Å². The second-order valence-electron chi connectivity index (χ2n) is 5.65. The summed E-state index contributed by atoms with van der Waals surface area (Å²) in [5.41, 5.74) is 10.6. The molecule has 4 N–H and O–H groups in total. The summed E-state index contributed by atoms with van der Waals surface area (Å²) in [7, 11) is 2.15. The first-order chi connectivity index (χ1) is 7.51. The van der Waals surface area contributed by atoms with Gasteiger partial charge in [0.25, 0.3) is 0 Å². The lowest BCUT2D eigenvalue weighted by atomic mass is 9.85. The molecule has 4 nitrogen and oxygen atoms in total. The zero-order valence-corrected chi connectivity index (χ0v) is 10.1. The summed E-state index contributed by atoms with van der Waals surface area (Å²) < 4.78 is 0. The smallest absolute Gasteiger partial charge is 0.237 e. The summed E-state index contributed by atoms with van der Waals surface area (Å²) in [6.45, 7) is 1.15. The van der Waals surface area contributed by atoms with E-state index in [1.807, 2.05) is 0 Å². The van der Waals surface area contributed by atoms with E-state index in [0.29, 0.717) is 6.04 Å². The summed E-state index contributed by atoms with van der Waals surface area (Å²) in [6, 6.07) is 0.443. The quantitative estimate of drug-likeness (QED) is 0.730. The molecule has 0 aromatic rings. The average molecular weight is 225 g/mol. The predicted octanol–water partition coefficient (Wildman–Crippen LogP) is 0.454. The Kier molecular flexibility index (Phi) is 3.22. The first-order valence-corrected chi connectivity index (χ1v) is 6.30. The van der Waals surface area contributed by atoms with Crippen LogP contribution >= 0.6 is 0 Å². The summed E-state index contributed by atoms with van der Waals surface area (Å²) in [4.78, 5) is 13.6. The molecular formula is C12H23N3O. The van der Waals surface area contributed by atoms with Crippen LogP contribution in [-0.4, -0.2) is 36.0 Å². The molecule has 0 radical (unpaired) electrons. The number of rotatable bonds is 4. The zero-order valence-electron chi connectivity index (χ0n) is 10.1. The predicted molar refractivity (Wildman–Crippen MR) is 63.7 cm³/mol. The highest BCUT2D eigenvalue weighted by molar-refractivity contribution is 5.84. The van der Waals surface area contributed by atoms with Crippen molar-refractivity contribution in [3.63, 3.8) is 0 Å². The van der Waals surface area contributed by atoms with E-state index in [2.05, 4.69) is 11.9 Å². The molecule has 2 aliphatic rings. The van der Waals surface area contributed by atoms with Gasteiger partial charge >= 0.3 is 0 Å². The van der Waals surface area contributed by atoms with Crippen LogP contribution in [0.25, 0.3) is 0 Å². The molecule has 0 aliphatic heterocycles. The zero-order chi connectivity index (χ0) is 11.8. The summed E-state index contributed by atoms with van der Waals surface area (Å²) in [5, 5.41) is 0. The van der Waals surface area contributed by atoms with E-state index in [9.17, 15) is 4.79 Å². The standard InChI is InChI=1S/C12H23N3O/c1-15(8-9-3-2-4-9)10-5-6-12(14,7-10)11(13)16/h9-10H,2-8,14H2,1H3,(H2,13,16). The molecule has 2 atom stereocenters. The lowest BCUT2D eigenvalue weighted by Crippen LogP contribution is -2.51. The Morgan fingerprint density at radius 3 is 2.56 bits per heavy atom. The fourth-order valence-corrected chi connectivity index (χ4v) is 2.88. The van der Waals surface area contributed by atoms with Crippen molar-refractivity contribution in [2.45, 2.75) is 50.1 Å². The van der Waals surface area contributed by atoms with E-state index in [0.717, 1.165) is 31.7 Å². The highest BCUT2D eigenvalue weighted by atomic mass is 16.1. The summed E-state index contributed by atoms with van der Waals surface area (Å²) in [6.07, 6.45) is 6.57. The second-order valence-corrected chi connectivity index (χ2v) is 5.65. The third-order valence-corrected chi connectivity index (χ3v) is 4.41. The van der Waals surface area contributed by atoms with E-state index in [1.54, 1.807) is 0 Å². The molecule has 16 heavy (non-hydrogen) atoms. The van der Waals surface area contributed by atoms with Gasteiger partial charge in [-0.2, -0.15) is 0 Å². The minimum atomic E-state index is -0.751. The van der Waals surface area contributed by atoms with Crippen LogP contribution in [0, 0.1) is 5.92 Å². The van der Waals surface area contributed by atoms with Crippen LogP contribution in [0.4, 0.5) is 0 Å². The van der Waals surface area contributed by atoms with Gasteiger partial charge in [-0.25, -0.2) is 0 Å². The van der Waals surface area contributed by atoms with Gasteiger partial charge in [-0.3, -0.25) is 4.79 Å². The highest BCUT2D eigenvalue weighted by Gasteiger charge is 2.42. The van der Waals surface area contributed by atoms with E-state index in [1.165, 1.54) is 19.3 Å². The molecule has 0 bridgehead atoms. The van der Waals surface area contributed by atoms with Crippen LogP contribution < -0.4 is 11.5 Å². The Morgan fingerprint density at radius 1 is 1.44 bits per heavy atom. The molecule has 0 aromatic carbocycles. The number of carbonyl (C=O) groups is 1. The maximum Gasteiger partial charge on any atom is 0.237 e. The lowest BCUT2D eigenvalue weighted by Gasteiger charge is -2.33. The van der Waals surface area contributed by atoms with Gasteiger partial charge in [0.1, 0.15) is 0 Å². The van der Waals surface area contributed by atoms with Crippen LogP contribution in [0.2, 0.25) is 0 Å². The van der Waals surface area contributed by atoms with Crippen LogP contribution in [0.15, 0.2) is 0 Å². The molecule has 4 heteroatoms. The normalized spacial score (nSPS) is 35.3. The molecular weight excluding hydrogens is 202 g/mol. The maximum atomic E-state index is 11.3. The van der Waals surface area contributed by atoms with Crippen LogP contribution in [0.3, 0.4) is 0 Å². The number of hydrogen-bond donors (Lipinski definition) is 2. The number of hydrogen-bond acceptors (Lipinski definition) is 3. The van der Waals surface area contributed by atoms with Gasteiger partial charge in [0.05, 0.1) is 5.54 Å². The van der Waals surface area contributed by atoms with Crippen molar-refractivity contribution in [2.75, 3.05) is 13.6 Å². The molecule has 0 heterocycles. The van der Waals surface area contributed by atoms with E-state index in [-0.39, 0.29) is 5.91 Å². The molecule has 0 saturated heterocycles. The molecule has 1 amide bonds. The fourth-order valence-electron chi connectivity index (χ4n) is 2.88. The number of amides is 1. The molecule has 0 aromatic heterocycles. The number of nitrogens with zero attached hydrogens (tertiary/aromatic N) is 1. The van der Waals surface area contributed by atoms with E-state index in [4.69, 9.17) is 11.5 Å². The molecule has 2 saturated carbocycles. The van der Waals surface area contributed by atoms with Gasteiger partial charge in [-0.1, -0.05) is 6.42 Å². The lowest BCUT2D eigenvalue weighted by molar-refractivity contribution is -0.123. The topological polar surface area (TPSA) is 72.3 Å². The summed E-state index contributed by atoms with van der Waals surface area (Å²) in [5.74, 6) is 0.526. The van der Waals surface area contributed by atoms with Gasteiger partial charge in [-0.05, 0) is 45.1 Å². The Hall–Kier alpha value is -0.610. The fraction of sp³-hybridized carbons (Fsp3) is 0.917. The van der Waals surface area contributed by atoms with Gasteiger partial charge in [-0.15, -0.1) is 0 Å². The molecule has 2 rings (SSSR count). The van der Waals surface area contributed by atoms with Crippen molar-refractivity contribution in [3.8, 4) is 0 Å². The van der Waals surface area contributed by atoms with Crippen molar-refractivity contribution in [2.24, 2.45) is 17.4 Å². The van der Waals surface area contributed by atoms with Crippen molar-refractivity contribution in [1.82, 2.24) is 4.90 Å². The van der Waals surface area contributed by atoms with E-state index < -0.39 is 5.54 Å². The molecule has 0 spiro atoms. The van der Waals surface area contributed by atoms with Crippen LogP contribution in [-0.2, 0) is 4.79 Å². The van der Waals surface area contributed by atoms with Gasteiger partial charge in [0, 0.05) is 12.6 Å². The minimum absolute atomic E-state index is 0.341. The average Bonchev–Trinajstić information content (AvgIpc) is 2.56. The molecule has 2 aliphatic carbocycles. The van der Waals surface area contributed by atoms with Crippen LogP contribution in [0.5, 0.6) is 0 Å². The Bertz CT molecular complexity index is 277. The first kappa shape index (κ1) is 11.9. The largest absolute Gasteiger partial charge is 0.368 e. The highest BCUT2D eigenvalue weighted by Crippen LogP contribution is 2.33. The van der Waals surface area contributed by atoms with Crippen LogP contribution in [0.1, 0.15) is 38.5 Å². The summed E-state index contributed by atoms with van der Waals surface area (Å²) >= 11 is 0. The number of primary amides is 1.